The molecule has 2 unspecified atom stereocenters. The van der Waals surface area contributed by atoms with Gasteiger partial charge in [0.25, 0.3) is 0 Å². The van der Waals surface area contributed by atoms with Gasteiger partial charge in [0.15, 0.2) is 9.84 Å². The number of carbonyl (C=O) groups is 1. The Morgan fingerprint density at radius 1 is 1.32 bits per heavy atom. The Hall–Kier alpha value is -1.40. The summed E-state index contributed by atoms with van der Waals surface area (Å²) in [6.45, 7) is 3.20. The Balaban J connectivity index is 2.71. The molecular formula is C13H20N2O3S. The molecule has 0 aromatic heterocycles. The second kappa shape index (κ2) is 6.68. The van der Waals surface area contributed by atoms with Crippen LogP contribution in [-0.2, 0) is 14.6 Å². The standard InChI is InChI=1S/C13H20N2O3S/c1-3-11(14)9-19(17,18)10(2)13(16)15-12-7-5-4-6-8-12/h4-8,10-11H,3,9,14H2,1-2H3,(H,15,16). The summed E-state index contributed by atoms with van der Waals surface area (Å²) >= 11 is 0. The summed E-state index contributed by atoms with van der Waals surface area (Å²) in [7, 11) is -3.53. The van der Waals surface area contributed by atoms with E-state index in [4.69, 9.17) is 5.73 Å². The maximum absolute atomic E-state index is 12.0. The van der Waals surface area contributed by atoms with Crippen LogP contribution in [0.1, 0.15) is 20.3 Å². The highest BCUT2D eigenvalue weighted by Gasteiger charge is 2.29. The molecule has 1 rings (SSSR count). The summed E-state index contributed by atoms with van der Waals surface area (Å²) in [4.78, 5) is 11.9. The summed E-state index contributed by atoms with van der Waals surface area (Å²) in [6.07, 6.45) is 0.562. The number of hydrogen-bond acceptors (Lipinski definition) is 4. The number of sulfone groups is 1. The Morgan fingerprint density at radius 3 is 2.42 bits per heavy atom. The van der Waals surface area contributed by atoms with Gasteiger partial charge in [-0.15, -0.1) is 0 Å². The molecule has 0 saturated carbocycles. The molecule has 0 fully saturated rings. The van der Waals surface area contributed by atoms with Crippen LogP contribution < -0.4 is 11.1 Å². The topological polar surface area (TPSA) is 89.3 Å². The van der Waals surface area contributed by atoms with Crippen LogP contribution in [0.4, 0.5) is 5.69 Å². The highest BCUT2D eigenvalue weighted by Crippen LogP contribution is 2.10. The second-order valence-corrected chi connectivity index (χ2v) is 6.86. The molecule has 0 radical (unpaired) electrons. The van der Waals surface area contributed by atoms with Crippen molar-refractivity contribution in [1.82, 2.24) is 0 Å². The smallest absolute Gasteiger partial charge is 0.242 e. The van der Waals surface area contributed by atoms with Crippen molar-refractivity contribution in [3.05, 3.63) is 30.3 Å². The zero-order valence-corrected chi connectivity index (χ0v) is 12.0. The van der Waals surface area contributed by atoms with Gasteiger partial charge in [0.2, 0.25) is 5.91 Å². The van der Waals surface area contributed by atoms with Gasteiger partial charge in [-0.05, 0) is 25.5 Å². The lowest BCUT2D eigenvalue weighted by Crippen LogP contribution is -2.39. The minimum Gasteiger partial charge on any atom is -0.327 e. The van der Waals surface area contributed by atoms with Crippen LogP contribution in [0.5, 0.6) is 0 Å². The molecule has 0 heterocycles. The van der Waals surface area contributed by atoms with Crippen molar-refractivity contribution in [3.8, 4) is 0 Å². The van der Waals surface area contributed by atoms with E-state index in [9.17, 15) is 13.2 Å². The molecule has 2 atom stereocenters. The van der Waals surface area contributed by atoms with Gasteiger partial charge >= 0.3 is 0 Å². The first-order chi connectivity index (χ1) is 8.86. The largest absolute Gasteiger partial charge is 0.327 e. The monoisotopic (exact) mass is 284 g/mol. The van der Waals surface area contributed by atoms with Crippen LogP contribution in [-0.4, -0.2) is 31.4 Å². The summed E-state index contributed by atoms with van der Waals surface area (Å²) in [5.74, 6) is -0.707. The molecule has 0 bridgehead atoms. The molecule has 19 heavy (non-hydrogen) atoms. The maximum Gasteiger partial charge on any atom is 0.242 e. The minimum atomic E-state index is -3.53. The van der Waals surface area contributed by atoms with Crippen LogP contribution >= 0.6 is 0 Å². The van der Waals surface area contributed by atoms with Gasteiger partial charge in [-0.1, -0.05) is 25.1 Å². The van der Waals surface area contributed by atoms with E-state index >= 15 is 0 Å². The third kappa shape index (κ3) is 4.65. The Bertz CT molecular complexity index is 514. The van der Waals surface area contributed by atoms with E-state index in [1.54, 1.807) is 24.3 Å². The minimum absolute atomic E-state index is 0.174. The molecule has 0 aliphatic carbocycles. The zero-order chi connectivity index (χ0) is 14.5. The molecule has 0 spiro atoms. The van der Waals surface area contributed by atoms with E-state index in [1.807, 2.05) is 13.0 Å². The number of para-hydroxylation sites is 1. The first-order valence-electron chi connectivity index (χ1n) is 6.20. The van der Waals surface area contributed by atoms with Crippen molar-refractivity contribution in [3.63, 3.8) is 0 Å². The zero-order valence-electron chi connectivity index (χ0n) is 11.2. The lowest BCUT2D eigenvalue weighted by atomic mass is 10.3. The number of hydrogen-bond donors (Lipinski definition) is 2. The lowest BCUT2D eigenvalue weighted by molar-refractivity contribution is -0.115. The van der Waals surface area contributed by atoms with E-state index in [2.05, 4.69) is 5.32 Å². The second-order valence-electron chi connectivity index (χ2n) is 4.50. The number of rotatable bonds is 6. The van der Waals surface area contributed by atoms with Gasteiger partial charge in [-0.2, -0.15) is 0 Å². The van der Waals surface area contributed by atoms with E-state index in [1.165, 1.54) is 6.92 Å². The van der Waals surface area contributed by atoms with Crippen LogP contribution in [0.3, 0.4) is 0 Å². The van der Waals surface area contributed by atoms with Crippen LogP contribution in [0.2, 0.25) is 0 Å². The molecule has 5 nitrogen and oxygen atoms in total. The number of anilines is 1. The Kier molecular flexibility index (Phi) is 5.50. The van der Waals surface area contributed by atoms with Crippen LogP contribution in [0.25, 0.3) is 0 Å². The van der Waals surface area contributed by atoms with Gasteiger partial charge in [0.05, 0.1) is 5.75 Å². The van der Waals surface area contributed by atoms with Crippen molar-refractivity contribution in [2.45, 2.75) is 31.6 Å². The third-order valence-corrected chi connectivity index (χ3v) is 5.10. The van der Waals surface area contributed by atoms with Crippen molar-refractivity contribution in [1.29, 1.82) is 0 Å². The van der Waals surface area contributed by atoms with Crippen molar-refractivity contribution in [2.24, 2.45) is 5.73 Å². The average molecular weight is 284 g/mol. The number of carbonyl (C=O) groups excluding carboxylic acids is 1. The van der Waals surface area contributed by atoms with E-state index < -0.39 is 27.0 Å². The van der Waals surface area contributed by atoms with E-state index in [0.29, 0.717) is 12.1 Å². The molecule has 6 heteroatoms. The van der Waals surface area contributed by atoms with Gasteiger partial charge in [-0.25, -0.2) is 8.42 Å². The molecule has 106 valence electrons. The summed E-state index contributed by atoms with van der Waals surface area (Å²) in [5.41, 5.74) is 6.22. The van der Waals surface area contributed by atoms with Gasteiger partial charge in [0, 0.05) is 11.7 Å². The molecule has 1 amide bonds. The van der Waals surface area contributed by atoms with Gasteiger partial charge < -0.3 is 11.1 Å². The first-order valence-corrected chi connectivity index (χ1v) is 7.91. The Morgan fingerprint density at radius 2 is 1.89 bits per heavy atom. The molecule has 1 aromatic rings. The first kappa shape index (κ1) is 15.7. The normalized spacial score (nSPS) is 14.7. The van der Waals surface area contributed by atoms with Gasteiger partial charge in [0.1, 0.15) is 5.25 Å². The predicted molar refractivity (Wildman–Crippen MR) is 76.6 cm³/mol. The van der Waals surface area contributed by atoms with Crippen molar-refractivity contribution in [2.75, 3.05) is 11.1 Å². The van der Waals surface area contributed by atoms with E-state index in [-0.39, 0.29) is 5.75 Å². The molecule has 1 aromatic carbocycles. The SMILES string of the molecule is CCC(N)CS(=O)(=O)C(C)C(=O)Nc1ccccc1. The number of benzene rings is 1. The maximum atomic E-state index is 12.0. The number of amides is 1. The lowest BCUT2D eigenvalue weighted by Gasteiger charge is -2.15. The number of nitrogens with two attached hydrogens (primary N) is 1. The molecule has 0 saturated heterocycles. The predicted octanol–water partition coefficient (Wildman–Crippen LogP) is 1.17. The molecule has 0 aliphatic heterocycles. The Labute approximate surface area is 114 Å². The summed E-state index contributed by atoms with van der Waals surface area (Å²) in [5, 5.41) is 1.47. The summed E-state index contributed by atoms with van der Waals surface area (Å²) in [6, 6.07) is 8.32. The fourth-order valence-electron chi connectivity index (χ4n) is 1.49. The van der Waals surface area contributed by atoms with E-state index in [0.717, 1.165) is 0 Å². The van der Waals surface area contributed by atoms with Crippen molar-refractivity contribution < 1.29 is 13.2 Å². The summed E-state index contributed by atoms with van der Waals surface area (Å²) < 4.78 is 24.0. The fraction of sp³-hybridized carbons (Fsp3) is 0.462. The molecule has 0 aliphatic rings. The highest BCUT2D eigenvalue weighted by molar-refractivity contribution is 7.92. The molecule has 3 N–H and O–H groups in total. The fourth-order valence-corrected chi connectivity index (χ4v) is 3.00. The third-order valence-electron chi connectivity index (χ3n) is 2.92. The van der Waals surface area contributed by atoms with Gasteiger partial charge in [-0.3, -0.25) is 4.79 Å². The molecular weight excluding hydrogens is 264 g/mol. The quantitative estimate of drug-likeness (QED) is 0.820. The average Bonchev–Trinajstić information content (AvgIpc) is 2.38. The highest BCUT2D eigenvalue weighted by atomic mass is 32.2. The van der Waals surface area contributed by atoms with Crippen LogP contribution in [0, 0.1) is 0 Å². The van der Waals surface area contributed by atoms with Crippen LogP contribution in [0.15, 0.2) is 30.3 Å². The number of nitrogens with one attached hydrogen (secondary N) is 1. The van der Waals surface area contributed by atoms with Crippen molar-refractivity contribution >= 4 is 21.4 Å².